The monoisotopic (exact) mass is 514 g/mol. The van der Waals surface area contributed by atoms with E-state index in [4.69, 9.17) is 11.1 Å². The highest BCUT2D eigenvalue weighted by molar-refractivity contribution is 6.01. The van der Waals surface area contributed by atoms with Gasteiger partial charge in [0.15, 0.2) is 5.84 Å². The second kappa shape index (κ2) is 10.5. The van der Waals surface area contributed by atoms with Crippen LogP contribution in [0, 0.1) is 11.2 Å². The van der Waals surface area contributed by atoms with Gasteiger partial charge in [0.25, 0.3) is 0 Å². The summed E-state index contributed by atoms with van der Waals surface area (Å²) in [4.78, 5) is 21.1. The largest absolute Gasteiger partial charge is 0.358 e. The average molecular weight is 515 g/mol. The Hall–Kier alpha value is -4.38. The zero-order valence-corrected chi connectivity index (χ0v) is 21.5. The number of aliphatic imine (C=N–C) groups is 1. The van der Waals surface area contributed by atoms with Crippen LogP contribution in [0.5, 0.6) is 0 Å². The van der Waals surface area contributed by atoms with Crippen molar-refractivity contribution in [3.63, 3.8) is 0 Å². The molecule has 1 aliphatic rings. The first-order valence-corrected chi connectivity index (χ1v) is 12.5. The molecule has 196 valence electrons. The molecule has 0 radical (unpaired) electrons. The molecule has 1 aliphatic heterocycles. The Morgan fingerprint density at radius 1 is 1.11 bits per heavy atom. The number of amidine groups is 1. The summed E-state index contributed by atoms with van der Waals surface area (Å²) < 4.78 is 15.2. The number of H-pyrrole nitrogens is 1. The van der Waals surface area contributed by atoms with E-state index in [1.54, 1.807) is 24.5 Å². The number of piperazine rings is 1. The number of aryl methyl sites for hydroxylation is 1. The third-order valence-corrected chi connectivity index (χ3v) is 6.95. The molecule has 0 spiro atoms. The van der Waals surface area contributed by atoms with E-state index in [-0.39, 0.29) is 5.82 Å². The second-order valence-electron chi connectivity index (χ2n) is 9.42. The van der Waals surface area contributed by atoms with Gasteiger partial charge in [0.2, 0.25) is 5.95 Å². The predicted octanol–water partition coefficient (Wildman–Crippen LogP) is 3.23. The molecule has 1 fully saturated rings. The molecule has 3 aromatic heterocycles. The Kier molecular flexibility index (Phi) is 7.01. The molecule has 5 rings (SSSR count). The number of hydrogen-bond donors (Lipinski definition) is 3. The molecule has 1 saturated heterocycles. The summed E-state index contributed by atoms with van der Waals surface area (Å²) in [6.45, 7) is 7.53. The van der Waals surface area contributed by atoms with E-state index in [0.717, 1.165) is 46.7 Å². The molecule has 1 aromatic carbocycles. The van der Waals surface area contributed by atoms with Crippen molar-refractivity contribution in [1.82, 2.24) is 29.6 Å². The first-order valence-electron chi connectivity index (χ1n) is 12.5. The number of benzene rings is 1. The van der Waals surface area contributed by atoms with Gasteiger partial charge in [0.05, 0.1) is 17.4 Å². The van der Waals surface area contributed by atoms with E-state index < -0.39 is 5.54 Å². The van der Waals surface area contributed by atoms with Crippen LogP contribution in [0.25, 0.3) is 11.1 Å². The van der Waals surface area contributed by atoms with E-state index in [1.807, 2.05) is 36.3 Å². The molecule has 38 heavy (non-hydrogen) atoms. The highest BCUT2D eigenvalue weighted by Crippen LogP contribution is 2.27. The van der Waals surface area contributed by atoms with Crippen LogP contribution in [0.15, 0.2) is 66.3 Å². The molecule has 4 heterocycles. The van der Waals surface area contributed by atoms with Crippen molar-refractivity contribution in [2.75, 3.05) is 31.1 Å². The molecule has 0 aliphatic carbocycles. The van der Waals surface area contributed by atoms with E-state index in [2.05, 4.69) is 41.8 Å². The SMILES string of the molecule is CCn1cc(-c2c[nH]c(C(=NC=N)N3CCN(c4ncc([C@@](C)(N)c5ccc(F)cc5)cn4)CC3)c2)cn1. The zero-order valence-electron chi connectivity index (χ0n) is 21.5. The molecule has 4 N–H and O–H groups in total. The first kappa shape index (κ1) is 25.3. The number of hydrogen-bond acceptors (Lipinski definition) is 6. The van der Waals surface area contributed by atoms with Crippen molar-refractivity contribution in [2.45, 2.75) is 25.9 Å². The van der Waals surface area contributed by atoms with Crippen LogP contribution in [0.1, 0.15) is 30.7 Å². The summed E-state index contributed by atoms with van der Waals surface area (Å²) in [5, 5.41) is 11.9. The lowest BCUT2D eigenvalue weighted by Gasteiger charge is -2.36. The smallest absolute Gasteiger partial charge is 0.225 e. The van der Waals surface area contributed by atoms with Gasteiger partial charge in [-0.25, -0.2) is 19.4 Å². The van der Waals surface area contributed by atoms with Crippen molar-refractivity contribution < 1.29 is 4.39 Å². The summed E-state index contributed by atoms with van der Waals surface area (Å²) >= 11 is 0. The molecule has 11 heteroatoms. The number of halogens is 1. The van der Waals surface area contributed by atoms with Crippen LogP contribution in [0.3, 0.4) is 0 Å². The molecular formula is C27H31FN10. The maximum Gasteiger partial charge on any atom is 0.225 e. The summed E-state index contributed by atoms with van der Waals surface area (Å²) in [6, 6.07) is 8.21. The number of aromatic amines is 1. The minimum atomic E-state index is -0.840. The summed E-state index contributed by atoms with van der Waals surface area (Å²) in [7, 11) is 0. The second-order valence-corrected chi connectivity index (χ2v) is 9.42. The average Bonchev–Trinajstić information content (AvgIpc) is 3.62. The first-order chi connectivity index (χ1) is 18.4. The molecule has 10 nitrogen and oxygen atoms in total. The summed E-state index contributed by atoms with van der Waals surface area (Å²) in [5.41, 5.74) is 10.2. The standard InChI is InChI=1S/C27H31FN10/c1-3-38-17-20(14-35-38)19-12-24(31-13-19)25(34-18-29)36-8-10-37(11-9-36)26-32-15-22(16-33-26)27(2,30)21-4-6-23(28)7-5-21/h4-7,12-18,29,31H,3,8-11,30H2,1-2H3/t27-/m0/s1. The fraction of sp³-hybridized carbons (Fsp3) is 0.296. The maximum atomic E-state index is 13.3. The highest BCUT2D eigenvalue weighted by Gasteiger charge is 2.27. The van der Waals surface area contributed by atoms with Gasteiger partial charge in [-0.15, -0.1) is 0 Å². The van der Waals surface area contributed by atoms with E-state index in [0.29, 0.717) is 32.1 Å². The van der Waals surface area contributed by atoms with Gasteiger partial charge in [0.1, 0.15) is 12.2 Å². The van der Waals surface area contributed by atoms with Gasteiger partial charge in [-0.1, -0.05) is 12.1 Å². The minimum absolute atomic E-state index is 0.301. The number of rotatable bonds is 7. The lowest BCUT2D eigenvalue weighted by atomic mass is 9.87. The number of anilines is 1. The van der Waals surface area contributed by atoms with Crippen LogP contribution in [-0.4, -0.2) is 68.0 Å². The lowest BCUT2D eigenvalue weighted by Crippen LogP contribution is -2.49. The van der Waals surface area contributed by atoms with Crippen molar-refractivity contribution in [2.24, 2.45) is 10.7 Å². The molecule has 1 atom stereocenters. The van der Waals surface area contributed by atoms with Gasteiger partial charge in [-0.3, -0.25) is 10.1 Å². The summed E-state index contributed by atoms with van der Waals surface area (Å²) in [6.07, 6.45) is 10.3. The van der Waals surface area contributed by atoms with Crippen LogP contribution in [-0.2, 0) is 12.1 Å². The topological polar surface area (TPSA) is 128 Å². The van der Waals surface area contributed by atoms with Crippen LogP contribution in [0.2, 0.25) is 0 Å². The van der Waals surface area contributed by atoms with Crippen LogP contribution < -0.4 is 10.6 Å². The molecule has 4 aromatic rings. The van der Waals surface area contributed by atoms with Crippen LogP contribution >= 0.6 is 0 Å². The number of aromatic nitrogens is 5. The van der Waals surface area contributed by atoms with Crippen LogP contribution in [0.4, 0.5) is 10.3 Å². The predicted molar refractivity (Wildman–Crippen MR) is 146 cm³/mol. The zero-order chi connectivity index (χ0) is 26.7. The Bertz CT molecular complexity index is 1410. The van der Waals surface area contributed by atoms with Gasteiger partial charge < -0.3 is 20.5 Å². The van der Waals surface area contributed by atoms with Gasteiger partial charge in [0, 0.05) is 74.2 Å². The highest BCUT2D eigenvalue weighted by atomic mass is 19.1. The number of nitrogens with one attached hydrogen (secondary N) is 2. The third-order valence-electron chi connectivity index (χ3n) is 6.95. The van der Waals surface area contributed by atoms with Gasteiger partial charge >= 0.3 is 0 Å². The Morgan fingerprint density at radius 3 is 2.45 bits per heavy atom. The van der Waals surface area contributed by atoms with Gasteiger partial charge in [-0.05, 0) is 37.6 Å². The Balaban J connectivity index is 1.26. The number of nitrogens with zero attached hydrogens (tertiary/aromatic N) is 7. The molecule has 0 amide bonds. The maximum absolute atomic E-state index is 13.3. The van der Waals surface area contributed by atoms with E-state index in [9.17, 15) is 4.39 Å². The van der Waals surface area contributed by atoms with E-state index >= 15 is 0 Å². The fourth-order valence-electron chi connectivity index (χ4n) is 4.59. The lowest BCUT2D eigenvalue weighted by molar-refractivity contribution is 0.383. The van der Waals surface area contributed by atoms with Crippen molar-refractivity contribution >= 4 is 18.1 Å². The third kappa shape index (κ3) is 5.05. The molecule has 0 bridgehead atoms. The molecule has 0 unspecified atom stereocenters. The molecular weight excluding hydrogens is 483 g/mol. The number of nitrogens with two attached hydrogens (primary N) is 1. The quantitative estimate of drug-likeness (QED) is 0.257. The molecule has 0 saturated carbocycles. The minimum Gasteiger partial charge on any atom is -0.358 e. The van der Waals surface area contributed by atoms with E-state index in [1.165, 1.54) is 12.1 Å². The normalized spacial score (nSPS) is 15.9. The Labute approximate surface area is 220 Å². The Morgan fingerprint density at radius 2 is 1.82 bits per heavy atom. The fourth-order valence-corrected chi connectivity index (χ4v) is 4.59. The van der Waals surface area contributed by atoms with Crippen molar-refractivity contribution in [3.8, 4) is 11.1 Å². The van der Waals surface area contributed by atoms with Crippen molar-refractivity contribution in [1.29, 1.82) is 5.41 Å². The van der Waals surface area contributed by atoms with Gasteiger partial charge in [-0.2, -0.15) is 5.10 Å². The summed E-state index contributed by atoms with van der Waals surface area (Å²) in [5.74, 6) is 1.05. The van der Waals surface area contributed by atoms with Crippen molar-refractivity contribution in [3.05, 3.63) is 84.0 Å².